The van der Waals surface area contributed by atoms with Crippen molar-refractivity contribution in [2.24, 2.45) is 7.05 Å². The van der Waals surface area contributed by atoms with Crippen LogP contribution in [0.2, 0.25) is 0 Å². The summed E-state index contributed by atoms with van der Waals surface area (Å²) in [5.41, 5.74) is 2.82. The zero-order valence-corrected chi connectivity index (χ0v) is 12.1. The van der Waals surface area contributed by atoms with Gasteiger partial charge in [0, 0.05) is 25.5 Å². The summed E-state index contributed by atoms with van der Waals surface area (Å²) in [6.45, 7) is 0.796. The number of nitrogens with one attached hydrogen (secondary N) is 1. The predicted octanol–water partition coefficient (Wildman–Crippen LogP) is 2.60. The zero-order valence-electron chi connectivity index (χ0n) is 12.1. The molecule has 20 heavy (non-hydrogen) atoms. The minimum absolute atomic E-state index is 0.394. The molecule has 1 heterocycles. The first kappa shape index (κ1) is 13.2. The van der Waals surface area contributed by atoms with Crippen molar-refractivity contribution in [2.75, 3.05) is 7.11 Å². The average molecular weight is 271 g/mol. The molecular weight excluding hydrogens is 250 g/mol. The molecule has 0 fully saturated rings. The maximum Gasteiger partial charge on any atom is 0.122 e. The van der Waals surface area contributed by atoms with Crippen LogP contribution >= 0.6 is 0 Å². The van der Waals surface area contributed by atoms with Gasteiger partial charge in [-0.3, -0.25) is 0 Å². The van der Waals surface area contributed by atoms with Gasteiger partial charge in [0.05, 0.1) is 13.7 Å². The average Bonchev–Trinajstić information content (AvgIpc) is 2.89. The quantitative estimate of drug-likeness (QED) is 0.929. The summed E-state index contributed by atoms with van der Waals surface area (Å²) in [6, 6.07) is 6.82. The van der Waals surface area contributed by atoms with Gasteiger partial charge < -0.3 is 14.6 Å². The molecular formula is C16H21N3O. The van der Waals surface area contributed by atoms with Crippen molar-refractivity contribution < 1.29 is 4.74 Å². The van der Waals surface area contributed by atoms with Crippen LogP contribution in [0.1, 0.15) is 35.8 Å². The highest BCUT2D eigenvalue weighted by atomic mass is 16.5. The summed E-state index contributed by atoms with van der Waals surface area (Å²) in [7, 11) is 3.75. The second kappa shape index (κ2) is 5.67. The van der Waals surface area contributed by atoms with Gasteiger partial charge in [-0.25, -0.2) is 4.98 Å². The van der Waals surface area contributed by atoms with E-state index in [4.69, 9.17) is 4.74 Å². The Bertz CT molecular complexity index is 591. The molecule has 1 aromatic carbocycles. The Morgan fingerprint density at radius 1 is 1.45 bits per heavy atom. The van der Waals surface area contributed by atoms with E-state index < -0.39 is 0 Å². The Morgan fingerprint density at radius 3 is 3.10 bits per heavy atom. The van der Waals surface area contributed by atoms with Crippen LogP contribution in [-0.4, -0.2) is 16.7 Å². The van der Waals surface area contributed by atoms with E-state index in [0.717, 1.165) is 18.1 Å². The standard InChI is InChI=1S/C16H21N3O/c1-19-9-8-17-16(19)11-18-15-5-3-4-12-6-7-13(20-2)10-14(12)15/h6-10,15,18H,3-5,11H2,1-2H3. The highest BCUT2D eigenvalue weighted by molar-refractivity contribution is 5.39. The third kappa shape index (κ3) is 2.56. The van der Waals surface area contributed by atoms with Gasteiger partial charge in [0.2, 0.25) is 0 Å². The fourth-order valence-electron chi connectivity index (χ4n) is 2.90. The summed E-state index contributed by atoms with van der Waals surface area (Å²) in [5.74, 6) is 2.01. The topological polar surface area (TPSA) is 39.1 Å². The molecule has 1 aliphatic carbocycles. The number of rotatable bonds is 4. The first-order chi connectivity index (χ1) is 9.78. The van der Waals surface area contributed by atoms with E-state index >= 15 is 0 Å². The lowest BCUT2D eigenvalue weighted by atomic mass is 9.87. The zero-order chi connectivity index (χ0) is 13.9. The monoisotopic (exact) mass is 271 g/mol. The highest BCUT2D eigenvalue weighted by Crippen LogP contribution is 2.32. The van der Waals surface area contributed by atoms with E-state index in [2.05, 4.69) is 33.1 Å². The molecule has 0 bridgehead atoms. The fraction of sp³-hybridized carbons (Fsp3) is 0.438. The van der Waals surface area contributed by atoms with Gasteiger partial charge in [-0.05, 0) is 42.5 Å². The van der Waals surface area contributed by atoms with E-state index in [9.17, 15) is 0 Å². The van der Waals surface area contributed by atoms with E-state index in [0.29, 0.717) is 6.04 Å². The van der Waals surface area contributed by atoms with Crippen molar-refractivity contribution in [1.82, 2.24) is 14.9 Å². The van der Waals surface area contributed by atoms with Crippen molar-refractivity contribution in [2.45, 2.75) is 31.8 Å². The number of hydrogen-bond donors (Lipinski definition) is 1. The summed E-state index contributed by atoms with van der Waals surface area (Å²) in [6.07, 6.45) is 7.39. The smallest absolute Gasteiger partial charge is 0.122 e. The van der Waals surface area contributed by atoms with Gasteiger partial charge in [0.15, 0.2) is 0 Å². The Balaban J connectivity index is 1.77. The molecule has 1 aromatic heterocycles. The van der Waals surface area contributed by atoms with Crippen LogP contribution in [0.3, 0.4) is 0 Å². The van der Waals surface area contributed by atoms with Gasteiger partial charge in [-0.2, -0.15) is 0 Å². The number of aromatic nitrogens is 2. The molecule has 0 aliphatic heterocycles. The lowest BCUT2D eigenvalue weighted by Gasteiger charge is -2.27. The van der Waals surface area contributed by atoms with Crippen LogP contribution in [0, 0.1) is 0 Å². The van der Waals surface area contributed by atoms with E-state index in [1.807, 2.05) is 19.4 Å². The molecule has 0 amide bonds. The number of nitrogens with zero attached hydrogens (tertiary/aromatic N) is 2. The number of fused-ring (bicyclic) bond motifs is 1. The first-order valence-corrected chi connectivity index (χ1v) is 7.14. The number of ether oxygens (including phenoxy) is 1. The van der Waals surface area contributed by atoms with Gasteiger partial charge in [-0.15, -0.1) is 0 Å². The summed E-state index contributed by atoms with van der Waals surface area (Å²) in [4.78, 5) is 4.37. The highest BCUT2D eigenvalue weighted by Gasteiger charge is 2.20. The third-order valence-electron chi connectivity index (χ3n) is 4.09. The molecule has 106 valence electrons. The second-order valence-electron chi connectivity index (χ2n) is 5.34. The maximum absolute atomic E-state index is 5.35. The van der Waals surface area contributed by atoms with Gasteiger partial charge in [0.25, 0.3) is 0 Å². The Labute approximate surface area is 119 Å². The SMILES string of the molecule is COc1ccc2c(c1)C(NCc1nccn1C)CCC2. The third-order valence-corrected chi connectivity index (χ3v) is 4.09. The molecule has 1 atom stereocenters. The molecule has 1 aliphatic rings. The van der Waals surface area contributed by atoms with Crippen LogP contribution < -0.4 is 10.1 Å². The predicted molar refractivity (Wildman–Crippen MR) is 78.7 cm³/mol. The molecule has 2 aromatic rings. The van der Waals surface area contributed by atoms with Crippen molar-refractivity contribution in [1.29, 1.82) is 0 Å². The minimum atomic E-state index is 0.394. The van der Waals surface area contributed by atoms with Crippen molar-refractivity contribution in [3.05, 3.63) is 47.5 Å². The molecule has 4 nitrogen and oxygen atoms in total. The number of benzene rings is 1. The van der Waals surface area contributed by atoms with Crippen LogP contribution in [0.15, 0.2) is 30.6 Å². The lowest BCUT2D eigenvalue weighted by molar-refractivity contribution is 0.407. The summed E-state index contributed by atoms with van der Waals surface area (Å²) in [5, 5.41) is 3.63. The molecule has 0 spiro atoms. The van der Waals surface area contributed by atoms with E-state index in [1.165, 1.54) is 30.4 Å². The molecule has 0 saturated carbocycles. The van der Waals surface area contributed by atoms with Gasteiger partial charge in [0.1, 0.15) is 11.6 Å². The number of aryl methyl sites for hydroxylation is 2. The maximum atomic E-state index is 5.35. The first-order valence-electron chi connectivity index (χ1n) is 7.14. The molecule has 0 saturated heterocycles. The normalized spacial score (nSPS) is 17.8. The lowest BCUT2D eigenvalue weighted by Crippen LogP contribution is -2.26. The van der Waals surface area contributed by atoms with E-state index in [-0.39, 0.29) is 0 Å². The molecule has 4 heteroatoms. The Morgan fingerprint density at radius 2 is 2.35 bits per heavy atom. The second-order valence-corrected chi connectivity index (χ2v) is 5.34. The summed E-state index contributed by atoms with van der Waals surface area (Å²) >= 11 is 0. The minimum Gasteiger partial charge on any atom is -0.497 e. The van der Waals surface area contributed by atoms with Crippen molar-refractivity contribution >= 4 is 0 Å². The molecule has 1 unspecified atom stereocenters. The summed E-state index contributed by atoms with van der Waals surface area (Å²) < 4.78 is 7.41. The Hall–Kier alpha value is -1.81. The van der Waals surface area contributed by atoms with Crippen LogP contribution in [0.25, 0.3) is 0 Å². The van der Waals surface area contributed by atoms with Crippen LogP contribution in [-0.2, 0) is 20.0 Å². The van der Waals surface area contributed by atoms with E-state index in [1.54, 1.807) is 7.11 Å². The van der Waals surface area contributed by atoms with Crippen molar-refractivity contribution in [3.8, 4) is 5.75 Å². The van der Waals surface area contributed by atoms with Gasteiger partial charge in [-0.1, -0.05) is 6.07 Å². The fourth-order valence-corrected chi connectivity index (χ4v) is 2.90. The number of imidazole rings is 1. The number of hydrogen-bond acceptors (Lipinski definition) is 3. The molecule has 1 N–H and O–H groups in total. The molecule has 3 rings (SSSR count). The van der Waals surface area contributed by atoms with Gasteiger partial charge >= 0.3 is 0 Å². The molecule has 0 radical (unpaired) electrons. The largest absolute Gasteiger partial charge is 0.497 e. The van der Waals surface area contributed by atoms with Crippen LogP contribution in [0.5, 0.6) is 5.75 Å². The van der Waals surface area contributed by atoms with Crippen LogP contribution in [0.4, 0.5) is 0 Å². The number of methoxy groups -OCH3 is 1. The Kier molecular flexibility index (Phi) is 3.74. The van der Waals surface area contributed by atoms with Crippen molar-refractivity contribution in [3.63, 3.8) is 0 Å².